The molecule has 0 saturated heterocycles. The Kier molecular flexibility index (Phi) is 4.44. The first kappa shape index (κ1) is 18.9. The molecule has 0 bridgehead atoms. The summed E-state index contributed by atoms with van der Waals surface area (Å²) in [7, 11) is 1.97. The van der Waals surface area contributed by atoms with Crippen molar-refractivity contribution in [1.29, 1.82) is 0 Å². The summed E-state index contributed by atoms with van der Waals surface area (Å²) in [5, 5.41) is 1.04. The quantitative estimate of drug-likeness (QED) is 0.261. The van der Waals surface area contributed by atoms with E-state index in [1.54, 1.807) is 49.4 Å². The van der Waals surface area contributed by atoms with Crippen molar-refractivity contribution in [3.05, 3.63) is 101 Å². The van der Waals surface area contributed by atoms with Crippen molar-refractivity contribution >= 4 is 28.7 Å². The van der Waals surface area contributed by atoms with Crippen LogP contribution in [0.25, 0.3) is 17.0 Å². The van der Waals surface area contributed by atoms with Gasteiger partial charge in [-0.1, -0.05) is 36.4 Å². The molecule has 5 nitrogen and oxygen atoms in total. The molecule has 0 saturated carbocycles. The van der Waals surface area contributed by atoms with Crippen LogP contribution in [0.4, 0.5) is 0 Å². The highest BCUT2D eigenvalue weighted by molar-refractivity contribution is 6.16. The molecule has 1 aliphatic rings. The second-order valence-corrected chi connectivity index (χ2v) is 7.52. The van der Waals surface area contributed by atoms with E-state index in [-0.39, 0.29) is 11.5 Å². The average Bonchev–Trinajstić information content (AvgIpc) is 3.26. The zero-order chi connectivity index (χ0) is 21.5. The van der Waals surface area contributed by atoms with Gasteiger partial charge in [-0.3, -0.25) is 4.79 Å². The van der Waals surface area contributed by atoms with Gasteiger partial charge in [-0.05, 0) is 42.8 Å². The van der Waals surface area contributed by atoms with Gasteiger partial charge in [-0.2, -0.15) is 0 Å². The highest BCUT2D eigenvalue weighted by Crippen LogP contribution is 2.38. The number of hydrogen-bond donors (Lipinski definition) is 0. The first-order chi connectivity index (χ1) is 15.0. The summed E-state index contributed by atoms with van der Waals surface area (Å²) >= 11 is 0. The number of ether oxygens (including phenoxy) is 2. The van der Waals surface area contributed by atoms with Crippen molar-refractivity contribution in [1.82, 2.24) is 4.57 Å². The third kappa shape index (κ3) is 3.30. The van der Waals surface area contributed by atoms with Crippen LogP contribution in [-0.2, 0) is 7.05 Å². The van der Waals surface area contributed by atoms with Gasteiger partial charge in [0.2, 0.25) is 5.78 Å². The summed E-state index contributed by atoms with van der Waals surface area (Å²) in [6, 6.07) is 20.0. The normalized spacial score (nSPS) is 14.0. The van der Waals surface area contributed by atoms with Gasteiger partial charge in [-0.25, -0.2) is 4.79 Å². The Balaban J connectivity index is 1.47. The lowest BCUT2D eigenvalue weighted by Gasteiger charge is -2.07. The molecule has 0 unspecified atom stereocenters. The lowest BCUT2D eigenvalue weighted by molar-refractivity contribution is 0.0734. The summed E-state index contributed by atoms with van der Waals surface area (Å²) in [4.78, 5) is 25.4. The van der Waals surface area contributed by atoms with E-state index in [0.29, 0.717) is 28.2 Å². The summed E-state index contributed by atoms with van der Waals surface area (Å²) in [5.41, 5.74) is 3.62. The van der Waals surface area contributed by atoms with E-state index in [1.165, 1.54) is 0 Å². The lowest BCUT2D eigenvalue weighted by Crippen LogP contribution is -2.08. The van der Waals surface area contributed by atoms with Gasteiger partial charge in [-0.15, -0.1) is 0 Å². The molecule has 5 heteroatoms. The molecule has 0 fully saturated rings. The van der Waals surface area contributed by atoms with Crippen LogP contribution in [0.1, 0.15) is 31.8 Å². The summed E-state index contributed by atoms with van der Waals surface area (Å²) in [6.45, 7) is 1.81. The van der Waals surface area contributed by atoms with Crippen LogP contribution in [-0.4, -0.2) is 16.3 Å². The third-order valence-electron chi connectivity index (χ3n) is 5.38. The largest absolute Gasteiger partial charge is 0.452 e. The number of aryl methyl sites for hydroxylation is 2. The number of rotatable bonds is 3. The molecule has 1 aliphatic heterocycles. The predicted molar refractivity (Wildman–Crippen MR) is 118 cm³/mol. The van der Waals surface area contributed by atoms with Crippen molar-refractivity contribution < 1.29 is 19.1 Å². The van der Waals surface area contributed by atoms with Gasteiger partial charge in [0.15, 0.2) is 5.76 Å². The van der Waals surface area contributed by atoms with Crippen molar-refractivity contribution in [2.45, 2.75) is 6.92 Å². The predicted octanol–water partition coefficient (Wildman–Crippen LogP) is 5.32. The van der Waals surface area contributed by atoms with Crippen LogP contribution in [0.3, 0.4) is 0 Å². The maximum Gasteiger partial charge on any atom is 0.343 e. The average molecular weight is 409 g/mol. The lowest BCUT2D eigenvalue weighted by atomic mass is 10.0. The SMILES string of the molecule is Cc1cc(OC(=O)c2ccccc2)cc2c1C(=O)/C(=C/c1cn(C)c3ccccc13)O2. The minimum absolute atomic E-state index is 0.179. The van der Waals surface area contributed by atoms with Gasteiger partial charge in [0.05, 0.1) is 11.1 Å². The molecule has 0 spiro atoms. The second-order valence-electron chi connectivity index (χ2n) is 7.52. The second kappa shape index (κ2) is 7.29. The molecule has 152 valence electrons. The van der Waals surface area contributed by atoms with E-state index in [0.717, 1.165) is 16.5 Å². The maximum absolute atomic E-state index is 13.0. The molecule has 4 aromatic rings. The van der Waals surface area contributed by atoms with Crippen molar-refractivity contribution in [2.24, 2.45) is 7.05 Å². The Morgan fingerprint density at radius 1 is 1.03 bits per heavy atom. The van der Waals surface area contributed by atoms with Crippen LogP contribution >= 0.6 is 0 Å². The fourth-order valence-electron chi connectivity index (χ4n) is 3.91. The van der Waals surface area contributed by atoms with Gasteiger partial charge < -0.3 is 14.0 Å². The van der Waals surface area contributed by atoms with E-state index >= 15 is 0 Å². The summed E-state index contributed by atoms with van der Waals surface area (Å²) < 4.78 is 13.4. The van der Waals surface area contributed by atoms with E-state index in [4.69, 9.17) is 9.47 Å². The summed E-state index contributed by atoms with van der Waals surface area (Å²) in [6.07, 6.45) is 3.73. The number of esters is 1. The molecule has 2 heterocycles. The van der Waals surface area contributed by atoms with E-state index in [1.807, 2.05) is 48.1 Å². The number of fused-ring (bicyclic) bond motifs is 2. The number of ketones is 1. The standard InChI is InChI=1S/C26H19NO4/c1-16-12-19(30-26(29)17-8-4-3-5-9-17)14-22-24(16)25(28)23(31-22)13-18-15-27(2)21-11-7-6-10-20(18)21/h3-15H,1-2H3/b23-13-. The molecule has 0 radical (unpaired) electrons. The molecular weight excluding hydrogens is 390 g/mol. The number of Topliss-reactive ketones (excluding diaryl/α,β-unsaturated/α-hetero) is 1. The Morgan fingerprint density at radius 3 is 2.58 bits per heavy atom. The molecule has 0 atom stereocenters. The van der Waals surface area contributed by atoms with Gasteiger partial charge >= 0.3 is 5.97 Å². The monoisotopic (exact) mass is 409 g/mol. The number of para-hydroxylation sites is 1. The fourth-order valence-corrected chi connectivity index (χ4v) is 3.91. The molecular formula is C26H19NO4. The van der Waals surface area contributed by atoms with Crippen molar-refractivity contribution in [3.63, 3.8) is 0 Å². The van der Waals surface area contributed by atoms with Gasteiger partial charge in [0.1, 0.15) is 11.5 Å². The molecule has 5 rings (SSSR count). The number of benzene rings is 3. The first-order valence-corrected chi connectivity index (χ1v) is 9.91. The number of nitrogens with zero attached hydrogens (tertiary/aromatic N) is 1. The number of aromatic nitrogens is 1. The highest BCUT2D eigenvalue weighted by atomic mass is 16.5. The topological polar surface area (TPSA) is 57.5 Å². The van der Waals surface area contributed by atoms with E-state index in [2.05, 4.69) is 0 Å². The zero-order valence-corrected chi connectivity index (χ0v) is 17.1. The third-order valence-corrected chi connectivity index (χ3v) is 5.38. The number of hydrogen-bond acceptors (Lipinski definition) is 4. The summed E-state index contributed by atoms with van der Waals surface area (Å²) in [5.74, 6) is 0.342. The Morgan fingerprint density at radius 2 is 1.77 bits per heavy atom. The van der Waals surface area contributed by atoms with Gasteiger partial charge in [0, 0.05) is 35.8 Å². The molecule has 31 heavy (non-hydrogen) atoms. The van der Waals surface area contributed by atoms with Crippen LogP contribution in [0.5, 0.6) is 11.5 Å². The van der Waals surface area contributed by atoms with E-state index in [9.17, 15) is 9.59 Å². The molecule has 3 aromatic carbocycles. The van der Waals surface area contributed by atoms with Crippen LogP contribution in [0, 0.1) is 6.92 Å². The first-order valence-electron chi connectivity index (χ1n) is 9.91. The highest BCUT2D eigenvalue weighted by Gasteiger charge is 2.30. The van der Waals surface area contributed by atoms with Crippen molar-refractivity contribution in [2.75, 3.05) is 0 Å². The molecule has 1 aromatic heterocycles. The Hall–Kier alpha value is -4.12. The number of carbonyl (C=O) groups is 2. The van der Waals surface area contributed by atoms with Crippen LogP contribution < -0.4 is 9.47 Å². The molecule has 0 amide bonds. The molecule has 0 N–H and O–H groups in total. The Bertz CT molecular complexity index is 1380. The van der Waals surface area contributed by atoms with E-state index < -0.39 is 5.97 Å². The number of allylic oxidation sites excluding steroid dienone is 1. The Labute approximate surface area is 179 Å². The molecule has 0 aliphatic carbocycles. The minimum Gasteiger partial charge on any atom is -0.452 e. The smallest absolute Gasteiger partial charge is 0.343 e. The van der Waals surface area contributed by atoms with Crippen LogP contribution in [0.15, 0.2) is 78.7 Å². The fraction of sp³-hybridized carbons (Fsp3) is 0.0769. The zero-order valence-electron chi connectivity index (χ0n) is 17.1. The maximum atomic E-state index is 13.0. The van der Waals surface area contributed by atoms with Crippen molar-refractivity contribution in [3.8, 4) is 11.5 Å². The van der Waals surface area contributed by atoms with Crippen LogP contribution in [0.2, 0.25) is 0 Å². The number of carbonyl (C=O) groups excluding carboxylic acids is 2. The minimum atomic E-state index is -0.462. The van der Waals surface area contributed by atoms with Gasteiger partial charge in [0.25, 0.3) is 0 Å².